The molecule has 28 heavy (non-hydrogen) atoms. The van der Waals surface area contributed by atoms with E-state index in [9.17, 15) is 9.59 Å². The average Bonchev–Trinajstić information content (AvgIpc) is 3.17. The van der Waals surface area contributed by atoms with E-state index in [4.69, 9.17) is 0 Å². The van der Waals surface area contributed by atoms with Crippen molar-refractivity contribution in [2.75, 3.05) is 19.6 Å². The van der Waals surface area contributed by atoms with Gasteiger partial charge >= 0.3 is 0 Å². The van der Waals surface area contributed by atoms with E-state index in [-0.39, 0.29) is 17.7 Å². The van der Waals surface area contributed by atoms with Crippen LogP contribution in [0.2, 0.25) is 0 Å². The first kappa shape index (κ1) is 18.2. The molecular weight excluding hydrogens is 352 g/mol. The molecule has 0 unspecified atom stereocenters. The lowest BCUT2D eigenvalue weighted by Gasteiger charge is -2.31. The Balaban J connectivity index is 1.25. The molecule has 0 radical (unpaired) electrons. The molecule has 2 aromatic heterocycles. The van der Waals surface area contributed by atoms with Gasteiger partial charge in [-0.2, -0.15) is 0 Å². The fourth-order valence-corrected chi connectivity index (χ4v) is 3.73. The van der Waals surface area contributed by atoms with E-state index < -0.39 is 0 Å². The van der Waals surface area contributed by atoms with Crippen molar-refractivity contribution in [2.45, 2.75) is 19.3 Å². The highest BCUT2D eigenvalue weighted by atomic mass is 16.2. The van der Waals surface area contributed by atoms with Crippen molar-refractivity contribution in [3.63, 3.8) is 0 Å². The van der Waals surface area contributed by atoms with Crippen LogP contribution in [0.1, 0.15) is 29.0 Å². The number of imidazole rings is 1. The number of amides is 2. The fraction of sp³-hybridized carbons (Fsp3) is 0.318. The highest BCUT2D eigenvalue weighted by Gasteiger charge is 2.27. The van der Waals surface area contributed by atoms with E-state index >= 15 is 0 Å². The van der Waals surface area contributed by atoms with E-state index in [0.717, 1.165) is 11.3 Å². The number of benzene rings is 1. The first-order valence-corrected chi connectivity index (χ1v) is 9.75. The SMILES string of the molecule is O=C(NCCc1ncc2ccccn12)C1CCN(C(=O)c2ccccc2)CC1. The maximum atomic E-state index is 12.5. The molecule has 4 rings (SSSR count). The number of likely N-dealkylation sites (tertiary alicyclic amines) is 1. The van der Waals surface area contributed by atoms with Crippen molar-refractivity contribution in [1.29, 1.82) is 0 Å². The Hall–Kier alpha value is -3.15. The number of nitrogens with one attached hydrogen (secondary N) is 1. The molecule has 3 aromatic rings. The van der Waals surface area contributed by atoms with Gasteiger partial charge in [0.05, 0.1) is 11.7 Å². The van der Waals surface area contributed by atoms with Gasteiger partial charge in [0.1, 0.15) is 5.82 Å². The van der Waals surface area contributed by atoms with Crippen molar-refractivity contribution in [2.24, 2.45) is 5.92 Å². The zero-order valence-electron chi connectivity index (χ0n) is 15.8. The van der Waals surface area contributed by atoms with E-state index in [1.807, 2.05) is 70.2 Å². The van der Waals surface area contributed by atoms with Crippen molar-refractivity contribution < 1.29 is 9.59 Å². The van der Waals surface area contributed by atoms with Crippen molar-refractivity contribution in [3.05, 3.63) is 72.3 Å². The average molecular weight is 376 g/mol. The van der Waals surface area contributed by atoms with Gasteiger partial charge in [-0.3, -0.25) is 9.59 Å². The smallest absolute Gasteiger partial charge is 0.253 e. The third kappa shape index (κ3) is 3.91. The maximum Gasteiger partial charge on any atom is 0.253 e. The largest absolute Gasteiger partial charge is 0.355 e. The van der Waals surface area contributed by atoms with Crippen LogP contribution in [-0.2, 0) is 11.2 Å². The van der Waals surface area contributed by atoms with Crippen LogP contribution < -0.4 is 5.32 Å². The summed E-state index contributed by atoms with van der Waals surface area (Å²) in [5.74, 6) is 1.04. The molecule has 1 aromatic carbocycles. The van der Waals surface area contributed by atoms with Crippen LogP contribution in [0.25, 0.3) is 5.52 Å². The van der Waals surface area contributed by atoms with Crippen molar-refractivity contribution in [3.8, 4) is 0 Å². The summed E-state index contributed by atoms with van der Waals surface area (Å²) >= 11 is 0. The van der Waals surface area contributed by atoms with E-state index in [2.05, 4.69) is 10.3 Å². The molecule has 1 N–H and O–H groups in total. The van der Waals surface area contributed by atoms with Crippen LogP contribution in [0.3, 0.4) is 0 Å². The Morgan fingerprint density at radius 3 is 2.57 bits per heavy atom. The minimum atomic E-state index is -0.0307. The van der Waals surface area contributed by atoms with Gasteiger partial charge in [-0.1, -0.05) is 24.3 Å². The molecule has 1 aliphatic heterocycles. The first-order chi connectivity index (χ1) is 13.7. The monoisotopic (exact) mass is 376 g/mol. The number of fused-ring (bicyclic) bond motifs is 1. The van der Waals surface area contributed by atoms with E-state index in [0.29, 0.717) is 44.5 Å². The Kier molecular flexibility index (Phi) is 5.37. The van der Waals surface area contributed by atoms with Gasteiger partial charge in [0.15, 0.2) is 0 Å². The normalized spacial score (nSPS) is 14.9. The summed E-state index contributed by atoms with van der Waals surface area (Å²) in [5.41, 5.74) is 1.76. The van der Waals surface area contributed by atoms with Crippen LogP contribution in [0, 0.1) is 5.92 Å². The first-order valence-electron chi connectivity index (χ1n) is 9.75. The van der Waals surface area contributed by atoms with Gasteiger partial charge in [0.2, 0.25) is 5.91 Å². The Bertz CT molecular complexity index is 959. The Morgan fingerprint density at radius 2 is 1.79 bits per heavy atom. The number of carbonyl (C=O) groups excluding carboxylic acids is 2. The third-order valence-corrected chi connectivity index (χ3v) is 5.34. The van der Waals surface area contributed by atoms with Crippen molar-refractivity contribution in [1.82, 2.24) is 19.6 Å². The molecule has 0 spiro atoms. The third-order valence-electron chi connectivity index (χ3n) is 5.34. The molecule has 144 valence electrons. The molecule has 0 bridgehead atoms. The summed E-state index contributed by atoms with van der Waals surface area (Å²) in [6.07, 6.45) is 5.93. The molecule has 1 fully saturated rings. The zero-order valence-corrected chi connectivity index (χ0v) is 15.8. The molecule has 1 saturated heterocycles. The minimum absolute atomic E-state index is 0.0307. The molecule has 0 saturated carbocycles. The second kappa shape index (κ2) is 8.25. The summed E-state index contributed by atoms with van der Waals surface area (Å²) in [4.78, 5) is 31.3. The molecule has 3 heterocycles. The molecule has 6 nitrogen and oxygen atoms in total. The zero-order chi connectivity index (χ0) is 19.3. The number of hydrogen-bond acceptors (Lipinski definition) is 3. The van der Waals surface area contributed by atoms with Crippen LogP contribution in [0.4, 0.5) is 0 Å². The quantitative estimate of drug-likeness (QED) is 0.744. The van der Waals surface area contributed by atoms with E-state index in [1.165, 1.54) is 0 Å². The molecule has 0 atom stereocenters. The number of piperidine rings is 1. The molecule has 6 heteroatoms. The number of aromatic nitrogens is 2. The van der Waals surface area contributed by atoms with Gasteiger partial charge in [0, 0.05) is 43.7 Å². The standard InChI is InChI=1S/C22H24N4O2/c27-21(23-12-9-20-24-16-19-8-4-5-13-26(19)20)17-10-14-25(15-11-17)22(28)18-6-2-1-3-7-18/h1-8,13,16-17H,9-12,14-15H2,(H,23,27). The number of carbonyl (C=O) groups is 2. The second-order valence-electron chi connectivity index (χ2n) is 7.14. The Labute approximate surface area is 164 Å². The van der Waals surface area contributed by atoms with Crippen LogP contribution >= 0.6 is 0 Å². The number of hydrogen-bond donors (Lipinski definition) is 1. The van der Waals surface area contributed by atoms with Gasteiger partial charge in [0.25, 0.3) is 5.91 Å². The predicted octanol–water partition coefficient (Wildman–Crippen LogP) is 2.55. The predicted molar refractivity (Wildman–Crippen MR) is 107 cm³/mol. The molecule has 1 aliphatic rings. The van der Waals surface area contributed by atoms with Crippen molar-refractivity contribution >= 4 is 17.3 Å². The van der Waals surface area contributed by atoms with Gasteiger partial charge in [-0.15, -0.1) is 0 Å². The lowest BCUT2D eigenvalue weighted by Crippen LogP contribution is -2.43. The second-order valence-corrected chi connectivity index (χ2v) is 7.14. The maximum absolute atomic E-state index is 12.5. The number of rotatable bonds is 5. The van der Waals surface area contributed by atoms with Gasteiger partial charge in [-0.25, -0.2) is 4.98 Å². The fourth-order valence-electron chi connectivity index (χ4n) is 3.73. The molecular formula is C22H24N4O2. The molecule has 2 amide bonds. The van der Waals surface area contributed by atoms with Gasteiger partial charge < -0.3 is 14.6 Å². The van der Waals surface area contributed by atoms with Crippen LogP contribution in [0.5, 0.6) is 0 Å². The molecule has 0 aliphatic carbocycles. The number of nitrogens with zero attached hydrogens (tertiary/aromatic N) is 3. The number of pyridine rings is 1. The lowest BCUT2D eigenvalue weighted by atomic mass is 9.95. The van der Waals surface area contributed by atoms with Crippen LogP contribution in [-0.4, -0.2) is 45.7 Å². The van der Waals surface area contributed by atoms with Gasteiger partial charge in [-0.05, 0) is 37.1 Å². The van der Waals surface area contributed by atoms with E-state index in [1.54, 1.807) is 0 Å². The lowest BCUT2D eigenvalue weighted by molar-refractivity contribution is -0.126. The topological polar surface area (TPSA) is 66.7 Å². The summed E-state index contributed by atoms with van der Waals surface area (Å²) in [6.45, 7) is 1.81. The van der Waals surface area contributed by atoms with Crippen LogP contribution in [0.15, 0.2) is 60.9 Å². The minimum Gasteiger partial charge on any atom is -0.355 e. The Morgan fingerprint density at radius 1 is 1.04 bits per heavy atom. The summed E-state index contributed by atoms with van der Waals surface area (Å²) < 4.78 is 2.04. The summed E-state index contributed by atoms with van der Waals surface area (Å²) in [6, 6.07) is 15.3. The highest BCUT2D eigenvalue weighted by molar-refractivity contribution is 5.94. The summed E-state index contributed by atoms with van der Waals surface area (Å²) in [7, 11) is 0. The summed E-state index contributed by atoms with van der Waals surface area (Å²) in [5, 5.41) is 3.04. The highest BCUT2D eigenvalue weighted by Crippen LogP contribution is 2.19.